The van der Waals surface area contributed by atoms with Gasteiger partial charge in [-0.05, 0) is 111 Å². The van der Waals surface area contributed by atoms with E-state index in [0.29, 0.717) is 37.3 Å². The molecule has 0 saturated carbocycles. The minimum Gasteiger partial charge on any atom is -0.459 e. The van der Waals surface area contributed by atoms with Crippen molar-refractivity contribution >= 4 is 17.7 Å². The van der Waals surface area contributed by atoms with Crippen molar-refractivity contribution < 1.29 is 81.5 Å². The monoisotopic (exact) mass is 1070 g/mol. The first-order chi connectivity index (χ1) is 34.9. The van der Waals surface area contributed by atoms with Gasteiger partial charge in [-0.1, -0.05) is 32.9 Å². The zero-order chi connectivity index (χ0) is 55.7. The molecule has 1 unspecified atom stereocenters. The fourth-order valence-corrected chi connectivity index (χ4v) is 12.1. The molecule has 4 aliphatic rings. The SMILES string of the molecule is CC[C@H]1OC(=O)[C@H](C)[C@@H](C2C[C@@](C)(OC)[C@@H](O)[C@H](C)O2)[C@H](C)[C@@H](O[C@@H]2O[C@H](C)C[C@H](N(C)CCc3cn(C[C@H]4CN(c5ccc(OC(F)(F)F)cc5)C(=O)O4)nn3)[C@H]2O)[C@](C)(O)C[C@@H](C)CN(C)[C@H](C)[C@@H](O)[C@]1(C)O. The fraction of sp³-hybridized carbons (Fsp3) is 0.808. The molecular weight excluding hydrogens is 990 g/mol. The Balaban J connectivity index is 1.21. The third kappa shape index (κ3) is 14.1. The van der Waals surface area contributed by atoms with Gasteiger partial charge in [-0.2, -0.15) is 0 Å². The number of nitrogens with zero attached hydrogens (tertiary/aromatic N) is 6. The minimum absolute atomic E-state index is 0.121. The van der Waals surface area contributed by atoms with E-state index in [9.17, 15) is 48.3 Å². The molecule has 5 heterocycles. The van der Waals surface area contributed by atoms with Gasteiger partial charge in [0, 0.05) is 62.9 Å². The van der Waals surface area contributed by atoms with Gasteiger partial charge in [0.1, 0.15) is 41.9 Å². The van der Waals surface area contributed by atoms with E-state index >= 15 is 0 Å². The highest BCUT2D eigenvalue weighted by atomic mass is 19.4. The third-order valence-corrected chi connectivity index (χ3v) is 16.4. The van der Waals surface area contributed by atoms with Crippen LogP contribution in [0.15, 0.2) is 30.5 Å². The van der Waals surface area contributed by atoms with E-state index in [2.05, 4.69) is 15.0 Å². The molecule has 4 fully saturated rings. The van der Waals surface area contributed by atoms with E-state index in [-0.39, 0.29) is 38.3 Å². The number of cyclic esters (lactones) is 2. The summed E-state index contributed by atoms with van der Waals surface area (Å²) < 4.78 is 81.1. The van der Waals surface area contributed by atoms with Crippen LogP contribution in [0.5, 0.6) is 5.75 Å². The third-order valence-electron chi connectivity index (χ3n) is 16.4. The Hall–Kier alpha value is -3.75. The smallest absolute Gasteiger partial charge is 0.459 e. The number of aliphatic hydroxyl groups excluding tert-OH is 3. The molecule has 0 bridgehead atoms. The highest BCUT2D eigenvalue weighted by Crippen LogP contribution is 2.45. The summed E-state index contributed by atoms with van der Waals surface area (Å²) in [4.78, 5) is 32.6. The summed E-state index contributed by atoms with van der Waals surface area (Å²) in [5, 5.41) is 68.6. The van der Waals surface area contributed by atoms with Gasteiger partial charge >= 0.3 is 18.4 Å². The molecule has 4 aliphatic heterocycles. The van der Waals surface area contributed by atoms with Crippen molar-refractivity contribution in [3.63, 3.8) is 0 Å². The van der Waals surface area contributed by atoms with Crippen molar-refractivity contribution in [1.29, 1.82) is 0 Å². The van der Waals surface area contributed by atoms with Crippen molar-refractivity contribution in [1.82, 2.24) is 24.8 Å². The van der Waals surface area contributed by atoms with Crippen LogP contribution in [0.2, 0.25) is 0 Å². The molecule has 0 spiro atoms. The number of benzene rings is 1. The zero-order valence-electron chi connectivity index (χ0n) is 45.7. The van der Waals surface area contributed by atoms with Gasteiger partial charge in [0.2, 0.25) is 0 Å². The van der Waals surface area contributed by atoms with E-state index in [4.69, 9.17) is 28.4 Å². The lowest BCUT2D eigenvalue weighted by Crippen LogP contribution is -2.62. The number of ether oxygens (including phenoxy) is 7. The maximum atomic E-state index is 14.6. The number of halogens is 3. The molecule has 6 rings (SSSR count). The maximum absolute atomic E-state index is 14.6. The van der Waals surface area contributed by atoms with E-state index in [1.807, 2.05) is 44.7 Å². The second-order valence-electron chi connectivity index (χ2n) is 22.6. The van der Waals surface area contributed by atoms with E-state index in [1.54, 1.807) is 52.4 Å². The normalized spacial score (nSPS) is 40.2. The Morgan fingerprint density at radius 1 is 0.933 bits per heavy atom. The first-order valence-corrected chi connectivity index (χ1v) is 26.2. The van der Waals surface area contributed by atoms with Gasteiger partial charge in [0.05, 0.1) is 60.3 Å². The van der Waals surface area contributed by atoms with E-state index in [0.717, 1.165) is 12.1 Å². The number of rotatable bonds is 13. The first kappa shape index (κ1) is 60.5. The van der Waals surface area contributed by atoms with Crippen LogP contribution in [0.3, 0.4) is 0 Å². The number of amides is 1. The van der Waals surface area contributed by atoms with Gasteiger partial charge < -0.3 is 68.5 Å². The van der Waals surface area contributed by atoms with Gasteiger partial charge in [-0.25, -0.2) is 9.48 Å². The van der Waals surface area contributed by atoms with Gasteiger partial charge in [0.15, 0.2) is 6.29 Å². The Morgan fingerprint density at radius 3 is 2.23 bits per heavy atom. The Labute approximate surface area is 438 Å². The fourth-order valence-electron chi connectivity index (χ4n) is 12.1. The van der Waals surface area contributed by atoms with Crippen LogP contribution in [0.1, 0.15) is 101 Å². The number of aromatic nitrogens is 3. The Bertz CT molecular complexity index is 2190. The molecule has 19 atom stereocenters. The predicted molar refractivity (Wildman–Crippen MR) is 266 cm³/mol. The summed E-state index contributed by atoms with van der Waals surface area (Å²) in [7, 11) is 5.20. The summed E-state index contributed by atoms with van der Waals surface area (Å²) in [6.07, 6.45) is -12.0. The molecule has 2 aromatic rings. The number of carbonyl (C=O) groups excluding carboxylic acids is 2. The van der Waals surface area contributed by atoms with Crippen molar-refractivity contribution in [3.8, 4) is 5.75 Å². The average molecular weight is 1070 g/mol. The summed E-state index contributed by atoms with van der Waals surface area (Å²) >= 11 is 0. The standard InChI is InChI=1S/C52H83F3N6O14/c1-14-40-51(10,68)43(63)32(6)59(12)24-28(2)22-49(8,67)45(30(4)41(31(5)46(65)73-40)39-23-50(9,69-13)44(64)33(7)71-39)74-47-42(62)38(21-29(3)70-47)58(11)20-19-34-25-60(57-56-34)26-37-27-61(48(66)72-37)35-15-17-36(18-16-35)75-52(53,54)55/h15-18,25,28-33,37-45,47,62-64,67-68H,14,19-24,26-27H2,1-13H3/t28-,29-,30+,31-,32-,33+,37+,38+,39?,40-,41+,42-,43-,44+,45-,47+,49-,50-,51-/m1/s1. The van der Waals surface area contributed by atoms with Gasteiger partial charge in [-0.3, -0.25) is 9.69 Å². The molecule has 23 heteroatoms. The molecule has 75 heavy (non-hydrogen) atoms. The number of methoxy groups -OCH3 is 1. The van der Waals surface area contributed by atoms with Crippen molar-refractivity contribution in [2.75, 3.05) is 45.7 Å². The number of esters is 1. The number of carbonyl (C=O) groups is 2. The zero-order valence-corrected chi connectivity index (χ0v) is 45.7. The van der Waals surface area contributed by atoms with Crippen LogP contribution in [0.4, 0.5) is 23.7 Å². The number of aliphatic hydroxyl groups is 5. The number of alkyl halides is 3. The van der Waals surface area contributed by atoms with Crippen LogP contribution < -0.4 is 9.64 Å². The summed E-state index contributed by atoms with van der Waals surface area (Å²) in [6, 6.07) is 3.82. The van der Waals surface area contributed by atoms with Crippen LogP contribution in [0, 0.1) is 23.7 Å². The second-order valence-corrected chi connectivity index (χ2v) is 22.6. The predicted octanol–water partition coefficient (Wildman–Crippen LogP) is 4.30. The van der Waals surface area contributed by atoms with Crippen molar-refractivity contribution in [2.45, 2.75) is 204 Å². The number of likely N-dealkylation sites (N-methyl/N-ethyl adjacent to an activating group) is 2. The molecule has 0 aliphatic carbocycles. The topological polar surface area (TPSA) is 240 Å². The van der Waals surface area contributed by atoms with Crippen LogP contribution in [-0.4, -0.2) is 200 Å². The lowest BCUT2D eigenvalue weighted by molar-refractivity contribution is -0.302. The molecular formula is C52H83F3N6O14. The first-order valence-electron chi connectivity index (χ1n) is 26.2. The number of hydrogen-bond acceptors (Lipinski definition) is 18. The lowest BCUT2D eigenvalue weighted by atomic mass is 9.68. The second kappa shape index (κ2) is 24.1. The highest BCUT2D eigenvalue weighted by Gasteiger charge is 2.55. The summed E-state index contributed by atoms with van der Waals surface area (Å²) in [5.41, 5.74) is -3.61. The largest absolute Gasteiger partial charge is 0.573 e. The van der Waals surface area contributed by atoms with Crippen LogP contribution in [-0.2, 0) is 46.2 Å². The molecule has 20 nitrogen and oxygen atoms in total. The van der Waals surface area contributed by atoms with Crippen molar-refractivity contribution in [2.24, 2.45) is 23.7 Å². The van der Waals surface area contributed by atoms with Gasteiger partial charge in [-0.15, -0.1) is 18.3 Å². The van der Waals surface area contributed by atoms with E-state index in [1.165, 1.54) is 31.1 Å². The van der Waals surface area contributed by atoms with Crippen LogP contribution >= 0.6 is 0 Å². The molecule has 1 amide bonds. The minimum atomic E-state index is -4.85. The maximum Gasteiger partial charge on any atom is 0.573 e. The lowest BCUT2D eigenvalue weighted by Gasteiger charge is -2.51. The van der Waals surface area contributed by atoms with Crippen molar-refractivity contribution in [3.05, 3.63) is 36.2 Å². The van der Waals surface area contributed by atoms with Crippen LogP contribution in [0.25, 0.3) is 0 Å². The molecule has 426 valence electrons. The molecule has 1 aromatic heterocycles. The quantitative estimate of drug-likeness (QED) is 0.176. The summed E-state index contributed by atoms with van der Waals surface area (Å²) in [6.45, 7) is 18.7. The number of hydrogen-bond donors (Lipinski definition) is 5. The summed E-state index contributed by atoms with van der Waals surface area (Å²) in [5.74, 6) is -3.77. The Kier molecular flexibility index (Phi) is 19.4. The molecule has 4 saturated heterocycles. The highest BCUT2D eigenvalue weighted by molar-refractivity contribution is 5.89. The molecule has 5 N–H and O–H groups in total. The molecule has 0 radical (unpaired) electrons. The number of anilines is 1. The Morgan fingerprint density at radius 2 is 1.60 bits per heavy atom. The van der Waals surface area contributed by atoms with E-state index < -0.39 is 132 Å². The molecule has 1 aromatic carbocycles. The van der Waals surface area contributed by atoms with Gasteiger partial charge in [0.25, 0.3) is 0 Å². The average Bonchev–Trinajstić information content (AvgIpc) is 3.94.